The van der Waals surface area contributed by atoms with E-state index in [-0.39, 0.29) is 22.1 Å². The van der Waals surface area contributed by atoms with Crippen molar-refractivity contribution in [2.45, 2.75) is 52.4 Å². The monoisotopic (exact) mass is 771 g/mol. The number of para-hydroxylation sites is 3. The quantitative estimate of drug-likeness (QED) is 0.183. The molecule has 1 N–H and O–H groups in total. The Kier molecular flexibility index (Phi) is 9.28. The highest BCUT2D eigenvalue weighted by atomic mass is 19.1. The molecule has 59 heavy (non-hydrogen) atoms. The van der Waals surface area contributed by atoms with Crippen molar-refractivity contribution in [2.24, 2.45) is 0 Å². The van der Waals surface area contributed by atoms with Crippen LogP contribution in [0.3, 0.4) is 0 Å². The fourth-order valence-corrected chi connectivity index (χ4v) is 8.09. The van der Waals surface area contributed by atoms with Gasteiger partial charge in [0.05, 0.1) is 33.7 Å². The van der Waals surface area contributed by atoms with Crippen LogP contribution in [0.2, 0.25) is 0 Å². The van der Waals surface area contributed by atoms with Crippen molar-refractivity contribution in [2.75, 3.05) is 0 Å². The van der Waals surface area contributed by atoms with E-state index in [0.717, 1.165) is 55.8 Å². The molecule has 9 aromatic rings. The van der Waals surface area contributed by atoms with Crippen molar-refractivity contribution in [3.63, 3.8) is 0 Å². The molecule has 0 aliphatic carbocycles. The first-order valence-electron chi connectivity index (χ1n) is 20.1. The summed E-state index contributed by atoms with van der Waals surface area (Å²) in [6.07, 6.45) is 1.87. The van der Waals surface area contributed by atoms with Crippen LogP contribution < -0.4 is 0 Å². The molecular formula is C54H46FN3O. The first-order chi connectivity index (χ1) is 28.3. The van der Waals surface area contributed by atoms with Crippen LogP contribution in [0, 0.1) is 5.82 Å². The van der Waals surface area contributed by atoms with E-state index in [4.69, 9.17) is 9.97 Å². The molecule has 0 radical (unpaired) electrons. The third kappa shape index (κ3) is 7.08. The summed E-state index contributed by atoms with van der Waals surface area (Å²) in [5.41, 5.74) is 13.4. The second-order valence-electron chi connectivity index (χ2n) is 17.5. The third-order valence-corrected chi connectivity index (χ3v) is 11.3. The van der Waals surface area contributed by atoms with E-state index in [2.05, 4.69) is 161 Å². The largest absolute Gasteiger partial charge is 0.507 e. The summed E-state index contributed by atoms with van der Waals surface area (Å²) in [6.45, 7) is 13.3. The van der Waals surface area contributed by atoms with Crippen LogP contribution in [0.4, 0.5) is 4.39 Å². The predicted octanol–water partition coefficient (Wildman–Crippen LogP) is 14.3. The van der Waals surface area contributed by atoms with Gasteiger partial charge in [-0.05, 0) is 99.3 Å². The van der Waals surface area contributed by atoms with Crippen LogP contribution in [0.15, 0.2) is 164 Å². The van der Waals surface area contributed by atoms with Crippen molar-refractivity contribution in [1.29, 1.82) is 0 Å². The summed E-state index contributed by atoms with van der Waals surface area (Å²) in [6, 6.07) is 53.1. The van der Waals surface area contributed by atoms with Gasteiger partial charge in [0.15, 0.2) is 0 Å². The summed E-state index contributed by atoms with van der Waals surface area (Å²) in [5.74, 6) is -0.689. The number of phenols is 1. The Morgan fingerprint density at radius 3 is 1.85 bits per heavy atom. The van der Waals surface area contributed by atoms with Gasteiger partial charge in [0.2, 0.25) is 0 Å². The average molecular weight is 772 g/mol. The summed E-state index contributed by atoms with van der Waals surface area (Å²) in [5, 5.41) is 13.4. The van der Waals surface area contributed by atoms with Gasteiger partial charge >= 0.3 is 0 Å². The highest BCUT2D eigenvalue weighted by molar-refractivity contribution is 6.13. The van der Waals surface area contributed by atoms with E-state index < -0.39 is 5.82 Å². The number of halogens is 1. The maximum Gasteiger partial charge on any atom is 0.136 e. The SMILES string of the molecule is CC(C)(C)c1cc(-c2cc(-c3cccc(-c4cc(-c5cccc6c7ccccc7n(-c7ccccc7)c56)ccn4)c3)nc(-c3c(O)cccc3F)c2)cc(C(C)(C)C)c1. The van der Waals surface area contributed by atoms with E-state index >= 15 is 4.39 Å². The summed E-state index contributed by atoms with van der Waals surface area (Å²) in [7, 11) is 0. The topological polar surface area (TPSA) is 50.9 Å². The fourth-order valence-electron chi connectivity index (χ4n) is 8.09. The highest BCUT2D eigenvalue weighted by Crippen LogP contribution is 2.41. The average Bonchev–Trinajstić information content (AvgIpc) is 3.58. The Labute approximate surface area is 345 Å². The van der Waals surface area contributed by atoms with Gasteiger partial charge in [-0.25, -0.2) is 9.37 Å². The van der Waals surface area contributed by atoms with E-state index in [1.807, 2.05) is 30.5 Å². The van der Waals surface area contributed by atoms with Crippen molar-refractivity contribution in [3.05, 3.63) is 181 Å². The Bertz CT molecular complexity index is 2990. The van der Waals surface area contributed by atoms with Gasteiger partial charge < -0.3 is 9.67 Å². The number of rotatable bonds is 6. The number of aromatic nitrogens is 3. The lowest BCUT2D eigenvalue weighted by Crippen LogP contribution is -2.16. The number of hydrogen-bond donors (Lipinski definition) is 1. The number of pyridine rings is 2. The fraction of sp³-hybridized carbons (Fsp3) is 0.148. The second-order valence-corrected chi connectivity index (χ2v) is 17.5. The van der Waals surface area contributed by atoms with E-state index in [1.54, 1.807) is 0 Å². The molecule has 9 rings (SSSR count). The molecule has 4 nitrogen and oxygen atoms in total. The van der Waals surface area contributed by atoms with Gasteiger partial charge in [-0.15, -0.1) is 0 Å². The Morgan fingerprint density at radius 1 is 0.508 bits per heavy atom. The van der Waals surface area contributed by atoms with Crippen LogP contribution >= 0.6 is 0 Å². The van der Waals surface area contributed by atoms with Crippen LogP contribution in [0.5, 0.6) is 5.75 Å². The molecule has 3 heterocycles. The van der Waals surface area contributed by atoms with Gasteiger partial charge in [0.25, 0.3) is 0 Å². The smallest absolute Gasteiger partial charge is 0.136 e. The van der Waals surface area contributed by atoms with Crippen molar-refractivity contribution >= 4 is 21.8 Å². The zero-order valence-electron chi connectivity index (χ0n) is 34.3. The second kappa shape index (κ2) is 14.5. The molecule has 0 unspecified atom stereocenters. The molecule has 0 aliphatic rings. The molecule has 0 atom stereocenters. The molecule has 6 aromatic carbocycles. The molecule has 0 saturated carbocycles. The molecule has 290 valence electrons. The first-order valence-corrected chi connectivity index (χ1v) is 20.1. The Hall–Kier alpha value is -6.85. The lowest BCUT2D eigenvalue weighted by molar-refractivity contribution is 0.471. The van der Waals surface area contributed by atoms with Gasteiger partial charge in [-0.1, -0.05) is 139 Å². The first kappa shape index (κ1) is 37.7. The number of nitrogens with zero attached hydrogens (tertiary/aromatic N) is 3. The minimum atomic E-state index is -0.532. The molecular weight excluding hydrogens is 726 g/mol. The minimum Gasteiger partial charge on any atom is -0.507 e. The van der Waals surface area contributed by atoms with E-state index in [1.165, 1.54) is 40.1 Å². The van der Waals surface area contributed by atoms with E-state index in [9.17, 15) is 5.11 Å². The van der Waals surface area contributed by atoms with Crippen LogP contribution in [0.1, 0.15) is 52.7 Å². The van der Waals surface area contributed by atoms with Crippen LogP contribution in [-0.2, 0) is 10.8 Å². The van der Waals surface area contributed by atoms with Crippen LogP contribution in [-0.4, -0.2) is 19.6 Å². The number of hydrogen-bond acceptors (Lipinski definition) is 3. The maximum atomic E-state index is 15.6. The Balaban J connectivity index is 1.20. The van der Waals surface area contributed by atoms with Crippen molar-refractivity contribution in [1.82, 2.24) is 14.5 Å². The number of phenolic OH excluding ortho intramolecular Hbond substituents is 1. The van der Waals surface area contributed by atoms with Gasteiger partial charge in [0.1, 0.15) is 11.6 Å². The van der Waals surface area contributed by atoms with Crippen molar-refractivity contribution in [3.8, 4) is 67.5 Å². The van der Waals surface area contributed by atoms with Gasteiger partial charge in [-0.2, -0.15) is 0 Å². The van der Waals surface area contributed by atoms with Crippen LogP contribution in [0.25, 0.3) is 83.5 Å². The molecule has 0 saturated heterocycles. The molecule has 0 bridgehead atoms. The van der Waals surface area contributed by atoms with Gasteiger partial charge in [0, 0.05) is 39.3 Å². The van der Waals surface area contributed by atoms with Gasteiger partial charge in [-0.3, -0.25) is 4.98 Å². The zero-order valence-corrected chi connectivity index (χ0v) is 34.3. The third-order valence-electron chi connectivity index (χ3n) is 11.3. The lowest BCUT2D eigenvalue weighted by Gasteiger charge is -2.26. The molecule has 0 amide bonds. The molecule has 0 fully saturated rings. The standard InChI is InChI=1S/C54H46FN3O/c1-53(2,3)39-28-37(29-40(33-39)54(4,5)6)38-31-47(57-48(32-38)51-45(55)22-14-24-50(51)59)36-16-12-15-35(27-36)46-30-34(25-26-56-46)42-20-13-21-44-43-19-10-11-23-49(43)58(52(42)44)41-17-8-7-9-18-41/h7-33,59H,1-6H3. The number of benzene rings is 6. The summed E-state index contributed by atoms with van der Waals surface area (Å²) >= 11 is 0. The maximum absolute atomic E-state index is 15.6. The van der Waals surface area contributed by atoms with Crippen molar-refractivity contribution < 1.29 is 9.50 Å². The molecule has 0 aliphatic heterocycles. The minimum absolute atomic E-state index is 0.0752. The number of fused-ring (bicyclic) bond motifs is 3. The predicted molar refractivity (Wildman–Crippen MR) is 243 cm³/mol. The molecule has 3 aromatic heterocycles. The summed E-state index contributed by atoms with van der Waals surface area (Å²) in [4.78, 5) is 9.92. The number of aromatic hydroxyl groups is 1. The zero-order chi connectivity index (χ0) is 41.1. The summed E-state index contributed by atoms with van der Waals surface area (Å²) < 4.78 is 17.9. The normalized spacial score (nSPS) is 12.1. The lowest BCUT2D eigenvalue weighted by atomic mass is 9.79. The van der Waals surface area contributed by atoms with E-state index in [0.29, 0.717) is 11.4 Å². The Morgan fingerprint density at radius 2 is 1.12 bits per heavy atom. The highest BCUT2D eigenvalue weighted by Gasteiger charge is 2.23. The molecule has 0 spiro atoms. The molecule has 5 heteroatoms.